The van der Waals surface area contributed by atoms with Crippen LogP contribution < -0.4 is 14.8 Å². The van der Waals surface area contributed by atoms with Gasteiger partial charge < -0.3 is 24.3 Å². The lowest BCUT2D eigenvalue weighted by Gasteiger charge is -2.20. The van der Waals surface area contributed by atoms with Crippen molar-refractivity contribution >= 4 is 23.9 Å². The van der Waals surface area contributed by atoms with Gasteiger partial charge in [0.05, 0.1) is 7.11 Å². The number of carbonyl (C=O) groups excluding carboxylic acids is 4. The van der Waals surface area contributed by atoms with E-state index >= 15 is 0 Å². The fourth-order valence-electron chi connectivity index (χ4n) is 3.49. The molecule has 0 saturated carbocycles. The molecular formula is C29H45NO8. The first-order valence-corrected chi connectivity index (χ1v) is 13.6. The summed E-state index contributed by atoms with van der Waals surface area (Å²) in [5.41, 5.74) is 0.668. The van der Waals surface area contributed by atoms with Crippen LogP contribution in [-0.4, -0.2) is 49.7 Å². The lowest BCUT2D eigenvalue weighted by Crippen LogP contribution is -2.43. The Bertz CT molecular complexity index is 899. The normalized spacial score (nSPS) is 12.5. The van der Waals surface area contributed by atoms with E-state index in [0.717, 1.165) is 19.3 Å². The van der Waals surface area contributed by atoms with E-state index < -0.39 is 30.1 Å². The molecule has 0 fully saturated rings. The molecule has 1 unspecified atom stereocenters. The van der Waals surface area contributed by atoms with Gasteiger partial charge in [0.15, 0.2) is 11.5 Å². The Kier molecular flexibility index (Phi) is 16.0. The smallest absolute Gasteiger partial charge is 0.323 e. The predicted octanol–water partition coefficient (Wildman–Crippen LogP) is 4.92. The van der Waals surface area contributed by atoms with Crippen molar-refractivity contribution in [1.29, 1.82) is 0 Å². The van der Waals surface area contributed by atoms with E-state index in [1.54, 1.807) is 25.1 Å². The first-order chi connectivity index (χ1) is 18.1. The van der Waals surface area contributed by atoms with Crippen molar-refractivity contribution in [1.82, 2.24) is 5.32 Å². The maximum Gasteiger partial charge on any atom is 0.323 e. The molecule has 0 aliphatic rings. The van der Waals surface area contributed by atoms with Crippen LogP contribution in [0.25, 0.3) is 0 Å². The molecule has 0 amide bonds. The number of methoxy groups -OCH3 is 1. The minimum Gasteiger partial charge on any atom is -0.468 e. The molecule has 2 atom stereocenters. The Balaban J connectivity index is 2.97. The maximum atomic E-state index is 12.5. The van der Waals surface area contributed by atoms with Crippen LogP contribution in [0.3, 0.4) is 0 Å². The number of nitrogens with one attached hydrogen (secondary N) is 1. The molecule has 1 aromatic carbocycles. The van der Waals surface area contributed by atoms with Crippen molar-refractivity contribution in [3.63, 3.8) is 0 Å². The zero-order valence-electron chi connectivity index (χ0n) is 23.8. The summed E-state index contributed by atoms with van der Waals surface area (Å²) in [5, 5.41) is 3.10. The number of esters is 4. The summed E-state index contributed by atoms with van der Waals surface area (Å²) >= 11 is 0. The molecule has 0 spiro atoms. The van der Waals surface area contributed by atoms with Gasteiger partial charge in [-0.1, -0.05) is 46.6 Å². The van der Waals surface area contributed by atoms with E-state index in [-0.39, 0.29) is 43.3 Å². The van der Waals surface area contributed by atoms with Gasteiger partial charge in [0.25, 0.3) is 0 Å². The van der Waals surface area contributed by atoms with Gasteiger partial charge >= 0.3 is 23.9 Å². The number of benzene rings is 1. The average Bonchev–Trinajstić information content (AvgIpc) is 2.88. The summed E-state index contributed by atoms with van der Waals surface area (Å²) in [6, 6.07) is 4.13. The molecule has 0 aromatic heterocycles. The van der Waals surface area contributed by atoms with Gasteiger partial charge in [-0.05, 0) is 56.2 Å². The highest BCUT2D eigenvalue weighted by Gasteiger charge is 2.23. The van der Waals surface area contributed by atoms with Crippen LogP contribution in [0.2, 0.25) is 0 Å². The van der Waals surface area contributed by atoms with Gasteiger partial charge in [0.2, 0.25) is 0 Å². The summed E-state index contributed by atoms with van der Waals surface area (Å²) < 4.78 is 21.4. The standard InChI is InChI=1S/C29H45NO8/c1-7-9-11-26(31)37-24-15-14-22(18-25(24)38-27(32)12-10-8-2)17-23(29(34)35-6)30-19-21(5)36-28(33)16-13-20(3)4/h14-15,18,20-21,23,30H,7-13,16-17,19H2,1-6H3/t21?,23-/m0/s1. The number of hydrogen-bond acceptors (Lipinski definition) is 9. The monoisotopic (exact) mass is 535 g/mol. The molecule has 0 bridgehead atoms. The molecule has 0 saturated heterocycles. The van der Waals surface area contributed by atoms with Crippen LogP contribution in [0.5, 0.6) is 11.5 Å². The second kappa shape index (κ2) is 18.3. The molecule has 1 N–H and O–H groups in total. The topological polar surface area (TPSA) is 117 Å². The molecule has 214 valence electrons. The number of rotatable bonds is 18. The highest BCUT2D eigenvalue weighted by molar-refractivity contribution is 5.77. The van der Waals surface area contributed by atoms with Crippen molar-refractivity contribution < 1.29 is 38.1 Å². The molecular weight excluding hydrogens is 490 g/mol. The SMILES string of the molecule is CCCCC(=O)Oc1ccc(C[C@H](NCC(C)OC(=O)CCC(C)C)C(=O)OC)cc1OC(=O)CCCC. The van der Waals surface area contributed by atoms with Gasteiger partial charge in [-0.25, -0.2) is 0 Å². The van der Waals surface area contributed by atoms with Crippen LogP contribution in [0, 0.1) is 5.92 Å². The van der Waals surface area contributed by atoms with Crippen LogP contribution >= 0.6 is 0 Å². The lowest BCUT2D eigenvalue weighted by molar-refractivity contribution is -0.148. The fourth-order valence-corrected chi connectivity index (χ4v) is 3.49. The first kappa shape index (κ1) is 33.1. The van der Waals surface area contributed by atoms with Gasteiger partial charge in [-0.15, -0.1) is 0 Å². The van der Waals surface area contributed by atoms with Gasteiger partial charge in [0, 0.05) is 25.8 Å². The molecule has 38 heavy (non-hydrogen) atoms. The van der Waals surface area contributed by atoms with E-state index in [9.17, 15) is 19.2 Å². The Morgan fingerprint density at radius 2 is 1.45 bits per heavy atom. The third-order valence-corrected chi connectivity index (χ3v) is 5.76. The third-order valence-electron chi connectivity index (χ3n) is 5.76. The zero-order valence-corrected chi connectivity index (χ0v) is 23.8. The van der Waals surface area contributed by atoms with E-state index in [4.69, 9.17) is 18.9 Å². The van der Waals surface area contributed by atoms with Crippen LogP contribution in [0.15, 0.2) is 18.2 Å². The Labute approximate surface area is 226 Å². The van der Waals surface area contributed by atoms with Crippen molar-refractivity contribution in [3.05, 3.63) is 23.8 Å². The van der Waals surface area contributed by atoms with E-state index in [2.05, 4.69) is 5.32 Å². The second-order valence-corrected chi connectivity index (χ2v) is 9.86. The van der Waals surface area contributed by atoms with Crippen molar-refractivity contribution in [2.75, 3.05) is 13.7 Å². The highest BCUT2D eigenvalue weighted by Crippen LogP contribution is 2.30. The molecule has 0 radical (unpaired) electrons. The second-order valence-electron chi connectivity index (χ2n) is 9.86. The Morgan fingerprint density at radius 1 is 0.842 bits per heavy atom. The molecule has 9 nitrogen and oxygen atoms in total. The van der Waals surface area contributed by atoms with Crippen molar-refractivity contribution in [3.8, 4) is 11.5 Å². The maximum absolute atomic E-state index is 12.5. The predicted molar refractivity (Wildman–Crippen MR) is 144 cm³/mol. The quantitative estimate of drug-likeness (QED) is 0.206. The fraction of sp³-hybridized carbons (Fsp3) is 0.655. The average molecular weight is 536 g/mol. The molecule has 1 aromatic rings. The van der Waals surface area contributed by atoms with Crippen molar-refractivity contribution in [2.45, 2.75) is 105 Å². The minimum atomic E-state index is -0.738. The van der Waals surface area contributed by atoms with Crippen molar-refractivity contribution in [2.24, 2.45) is 5.92 Å². The molecule has 1 rings (SSSR count). The van der Waals surface area contributed by atoms with E-state index in [1.807, 2.05) is 27.7 Å². The Morgan fingerprint density at radius 3 is 2.00 bits per heavy atom. The highest BCUT2D eigenvalue weighted by atomic mass is 16.6. The minimum absolute atomic E-state index is 0.129. The summed E-state index contributed by atoms with van der Waals surface area (Å²) in [6.07, 6.45) is 4.43. The summed E-state index contributed by atoms with van der Waals surface area (Å²) in [7, 11) is 1.30. The molecule has 0 aliphatic heterocycles. The molecule has 0 aliphatic carbocycles. The Hall–Kier alpha value is -2.94. The summed E-state index contributed by atoms with van der Waals surface area (Å²) in [5.74, 6) is -0.904. The van der Waals surface area contributed by atoms with Crippen LogP contribution in [0.1, 0.15) is 91.5 Å². The third kappa shape index (κ3) is 13.6. The van der Waals surface area contributed by atoms with Crippen LogP contribution in [-0.2, 0) is 35.1 Å². The van der Waals surface area contributed by atoms with Gasteiger partial charge in [0.1, 0.15) is 12.1 Å². The molecule has 9 heteroatoms. The number of carbonyl (C=O) groups is 4. The summed E-state index contributed by atoms with van der Waals surface area (Å²) in [6.45, 7) is 10.0. The number of unbranched alkanes of at least 4 members (excludes halogenated alkanes) is 2. The van der Waals surface area contributed by atoms with E-state index in [0.29, 0.717) is 30.7 Å². The van der Waals surface area contributed by atoms with Gasteiger partial charge in [-0.2, -0.15) is 0 Å². The number of hydrogen-bond donors (Lipinski definition) is 1. The van der Waals surface area contributed by atoms with Crippen LogP contribution in [0.4, 0.5) is 0 Å². The zero-order chi connectivity index (χ0) is 28.5. The lowest BCUT2D eigenvalue weighted by atomic mass is 10.0. The summed E-state index contributed by atoms with van der Waals surface area (Å²) in [4.78, 5) is 49.0. The molecule has 0 heterocycles. The van der Waals surface area contributed by atoms with E-state index in [1.165, 1.54) is 7.11 Å². The first-order valence-electron chi connectivity index (χ1n) is 13.6. The largest absolute Gasteiger partial charge is 0.468 e. The van der Waals surface area contributed by atoms with Gasteiger partial charge in [-0.3, -0.25) is 19.2 Å². The number of ether oxygens (including phenoxy) is 4.